The van der Waals surface area contributed by atoms with Gasteiger partial charge in [0.1, 0.15) is 5.75 Å². The van der Waals surface area contributed by atoms with E-state index in [1.807, 2.05) is 48.5 Å². The lowest BCUT2D eigenvalue weighted by Crippen LogP contribution is -2.52. The number of carbonyl (C=O) groups excluding carboxylic acids is 1. The molecule has 1 aliphatic rings. The number of rotatable bonds is 8. The van der Waals surface area contributed by atoms with Gasteiger partial charge in [-0.25, -0.2) is 0 Å². The maximum atomic E-state index is 13.0. The zero-order valence-corrected chi connectivity index (χ0v) is 22.3. The third-order valence-corrected chi connectivity index (χ3v) is 7.03. The minimum absolute atomic E-state index is 0.0241. The molecule has 1 heterocycles. The largest absolute Gasteiger partial charge is 0.478 e. The van der Waals surface area contributed by atoms with Crippen LogP contribution in [0.5, 0.6) is 5.75 Å². The van der Waals surface area contributed by atoms with E-state index >= 15 is 0 Å². The normalized spacial score (nSPS) is 15.3. The molecule has 1 aliphatic heterocycles. The van der Waals surface area contributed by atoms with E-state index in [1.54, 1.807) is 13.8 Å². The van der Waals surface area contributed by atoms with Crippen molar-refractivity contribution in [2.45, 2.75) is 57.5 Å². The summed E-state index contributed by atoms with van der Waals surface area (Å²) >= 11 is 5.96. The fourth-order valence-corrected chi connectivity index (χ4v) is 4.63. The molecule has 8 heteroatoms. The Hall–Kier alpha value is -3.03. The molecule has 0 atom stereocenters. The van der Waals surface area contributed by atoms with Gasteiger partial charge in [0.05, 0.1) is 5.56 Å². The molecule has 38 heavy (non-hydrogen) atoms. The third kappa shape index (κ3) is 7.74. The zero-order chi connectivity index (χ0) is 27.3. The summed E-state index contributed by atoms with van der Waals surface area (Å²) in [5.41, 5.74) is 1.45. The molecule has 0 aliphatic carbocycles. The highest BCUT2D eigenvalue weighted by Crippen LogP contribution is 2.29. The average molecular weight is 545 g/mol. The minimum Gasteiger partial charge on any atom is -0.478 e. The number of halogens is 4. The van der Waals surface area contributed by atoms with Crippen LogP contribution in [0.2, 0.25) is 5.02 Å². The Morgan fingerprint density at radius 2 is 1.42 bits per heavy atom. The predicted octanol–water partition coefficient (Wildman–Crippen LogP) is 6.89. The number of hydrogen-bond donors (Lipinski definition) is 1. The summed E-state index contributed by atoms with van der Waals surface area (Å²) in [4.78, 5) is 15.2. The molecule has 4 nitrogen and oxygen atoms in total. The first-order valence-electron chi connectivity index (χ1n) is 12.7. The van der Waals surface area contributed by atoms with Crippen molar-refractivity contribution in [1.82, 2.24) is 10.2 Å². The minimum atomic E-state index is -4.33. The van der Waals surface area contributed by atoms with Gasteiger partial charge >= 0.3 is 6.18 Å². The SMILES string of the molecule is CC(C)(Oc1ccc(Cc2ccc(Cl)cc2)cc1)C(=O)NC1CCN(Cc2ccc(C(F)(F)F)cc2)CC1. The average Bonchev–Trinajstić information content (AvgIpc) is 2.87. The smallest absolute Gasteiger partial charge is 0.416 e. The fraction of sp³-hybridized carbons (Fsp3) is 0.367. The zero-order valence-electron chi connectivity index (χ0n) is 21.5. The van der Waals surface area contributed by atoms with E-state index < -0.39 is 17.3 Å². The quantitative estimate of drug-likeness (QED) is 0.336. The Balaban J connectivity index is 1.23. The Morgan fingerprint density at radius 1 is 0.895 bits per heavy atom. The van der Waals surface area contributed by atoms with Crippen LogP contribution in [0.1, 0.15) is 48.9 Å². The van der Waals surface area contributed by atoms with Crippen molar-refractivity contribution in [1.29, 1.82) is 0 Å². The lowest BCUT2D eigenvalue weighted by molar-refractivity contribution is -0.137. The van der Waals surface area contributed by atoms with E-state index in [-0.39, 0.29) is 11.9 Å². The number of carbonyl (C=O) groups is 1. The highest BCUT2D eigenvalue weighted by Gasteiger charge is 2.33. The number of hydrogen-bond acceptors (Lipinski definition) is 3. The van der Waals surface area contributed by atoms with Crippen LogP contribution in [0.15, 0.2) is 72.8 Å². The number of alkyl halides is 3. The number of nitrogens with one attached hydrogen (secondary N) is 1. The van der Waals surface area contributed by atoms with Crippen molar-refractivity contribution in [3.63, 3.8) is 0 Å². The number of ether oxygens (including phenoxy) is 1. The molecule has 3 aromatic rings. The third-order valence-electron chi connectivity index (χ3n) is 6.77. The van der Waals surface area contributed by atoms with Gasteiger partial charge in [-0.05, 0) is 86.2 Å². The van der Waals surface area contributed by atoms with E-state index in [2.05, 4.69) is 10.2 Å². The van der Waals surface area contributed by atoms with Crippen molar-refractivity contribution < 1.29 is 22.7 Å². The van der Waals surface area contributed by atoms with Crippen molar-refractivity contribution in [2.75, 3.05) is 13.1 Å². The molecule has 4 rings (SSSR count). The van der Waals surface area contributed by atoms with Crippen LogP contribution < -0.4 is 10.1 Å². The number of amides is 1. The van der Waals surface area contributed by atoms with Gasteiger partial charge in [-0.3, -0.25) is 9.69 Å². The summed E-state index contributed by atoms with van der Waals surface area (Å²) in [7, 11) is 0. The standard InChI is InChI=1S/C30H32ClF3N2O2/c1-29(2,38-27-13-7-22(8-14-27)19-21-5-11-25(31)12-6-21)28(37)35-26-15-17-36(18-16-26)20-23-3-9-24(10-4-23)30(32,33)34/h3-14,26H,15-20H2,1-2H3,(H,35,37). The van der Waals surface area contributed by atoms with E-state index in [4.69, 9.17) is 16.3 Å². The number of benzene rings is 3. The summed E-state index contributed by atoms with van der Waals surface area (Å²) in [5, 5.41) is 3.82. The van der Waals surface area contributed by atoms with Crippen LogP contribution in [-0.2, 0) is 23.9 Å². The number of nitrogens with zero attached hydrogens (tertiary/aromatic N) is 1. The van der Waals surface area contributed by atoms with Crippen LogP contribution in [-0.4, -0.2) is 35.5 Å². The number of piperidine rings is 1. The van der Waals surface area contributed by atoms with Gasteiger partial charge in [-0.2, -0.15) is 13.2 Å². The Labute approximate surface area is 226 Å². The van der Waals surface area contributed by atoms with E-state index in [0.29, 0.717) is 17.3 Å². The van der Waals surface area contributed by atoms with Gasteiger partial charge in [0.25, 0.3) is 5.91 Å². The van der Waals surface area contributed by atoms with Crippen LogP contribution in [0.25, 0.3) is 0 Å². The van der Waals surface area contributed by atoms with Gasteiger partial charge in [0.15, 0.2) is 5.60 Å². The highest BCUT2D eigenvalue weighted by molar-refractivity contribution is 6.30. The molecule has 1 N–H and O–H groups in total. The summed E-state index contributed by atoms with van der Waals surface area (Å²) in [6.07, 6.45) is -2.02. The Bertz CT molecular complexity index is 1200. The second kappa shape index (κ2) is 11.8. The Kier molecular flexibility index (Phi) is 8.68. The monoisotopic (exact) mass is 544 g/mol. The first kappa shape index (κ1) is 28.0. The Morgan fingerprint density at radius 3 is 1.97 bits per heavy atom. The molecule has 1 fully saturated rings. The molecule has 0 saturated carbocycles. The summed E-state index contributed by atoms with van der Waals surface area (Å²) in [6, 6.07) is 20.8. The van der Waals surface area contributed by atoms with E-state index in [1.165, 1.54) is 12.1 Å². The van der Waals surface area contributed by atoms with Gasteiger partial charge in [0.2, 0.25) is 0 Å². The lowest BCUT2D eigenvalue weighted by atomic mass is 10.0. The summed E-state index contributed by atoms with van der Waals surface area (Å²) in [5.74, 6) is 0.445. The van der Waals surface area contributed by atoms with E-state index in [0.717, 1.165) is 61.2 Å². The van der Waals surface area contributed by atoms with Crippen LogP contribution in [0, 0.1) is 0 Å². The van der Waals surface area contributed by atoms with Gasteiger partial charge in [0, 0.05) is 30.7 Å². The molecular formula is C30H32ClF3N2O2. The molecule has 0 bridgehead atoms. The highest BCUT2D eigenvalue weighted by atomic mass is 35.5. The van der Waals surface area contributed by atoms with Crippen molar-refractivity contribution in [2.24, 2.45) is 0 Å². The number of likely N-dealkylation sites (tertiary alicyclic amines) is 1. The maximum absolute atomic E-state index is 13.0. The van der Waals surface area contributed by atoms with Gasteiger partial charge in [-0.15, -0.1) is 0 Å². The molecule has 3 aromatic carbocycles. The molecule has 0 aromatic heterocycles. The summed E-state index contributed by atoms with van der Waals surface area (Å²) in [6.45, 7) is 5.60. The van der Waals surface area contributed by atoms with Gasteiger partial charge in [-0.1, -0.05) is 48.0 Å². The molecule has 202 valence electrons. The first-order chi connectivity index (χ1) is 18.0. The molecule has 0 radical (unpaired) electrons. The molecule has 0 spiro atoms. The maximum Gasteiger partial charge on any atom is 0.416 e. The molecular weight excluding hydrogens is 513 g/mol. The van der Waals surface area contributed by atoms with E-state index in [9.17, 15) is 18.0 Å². The topological polar surface area (TPSA) is 41.6 Å². The predicted molar refractivity (Wildman–Crippen MR) is 143 cm³/mol. The van der Waals surface area contributed by atoms with Crippen LogP contribution >= 0.6 is 11.6 Å². The van der Waals surface area contributed by atoms with Crippen molar-refractivity contribution in [3.8, 4) is 5.75 Å². The lowest BCUT2D eigenvalue weighted by Gasteiger charge is -2.34. The molecule has 0 unspecified atom stereocenters. The van der Waals surface area contributed by atoms with Crippen LogP contribution in [0.4, 0.5) is 13.2 Å². The van der Waals surface area contributed by atoms with Gasteiger partial charge < -0.3 is 10.1 Å². The second-order valence-corrected chi connectivity index (χ2v) is 10.7. The molecule has 1 saturated heterocycles. The fourth-order valence-electron chi connectivity index (χ4n) is 4.51. The van der Waals surface area contributed by atoms with Crippen LogP contribution in [0.3, 0.4) is 0 Å². The van der Waals surface area contributed by atoms with Crippen molar-refractivity contribution >= 4 is 17.5 Å². The summed E-state index contributed by atoms with van der Waals surface area (Å²) < 4.78 is 44.4. The van der Waals surface area contributed by atoms with Crippen molar-refractivity contribution in [3.05, 3.63) is 100 Å². The first-order valence-corrected chi connectivity index (χ1v) is 13.1. The second-order valence-electron chi connectivity index (χ2n) is 10.3. The molecule has 1 amide bonds.